The van der Waals surface area contributed by atoms with Crippen molar-refractivity contribution in [2.45, 2.75) is 6.42 Å². The molecule has 0 aliphatic rings. The van der Waals surface area contributed by atoms with Crippen molar-refractivity contribution in [2.24, 2.45) is 0 Å². The number of hydrogen-bond acceptors (Lipinski definition) is 4. The summed E-state index contributed by atoms with van der Waals surface area (Å²) in [6.07, 6.45) is 0.849. The van der Waals surface area contributed by atoms with Gasteiger partial charge < -0.3 is 19.9 Å². The quantitative estimate of drug-likeness (QED) is 0.574. The Hall–Kier alpha value is -1.42. The number of anilines is 1. The third-order valence-corrected chi connectivity index (χ3v) is 1.97. The van der Waals surface area contributed by atoms with Crippen LogP contribution in [-0.4, -0.2) is 27.4 Å². The van der Waals surface area contributed by atoms with E-state index < -0.39 is 0 Å². The lowest BCUT2D eigenvalue weighted by atomic mass is 10.3. The Balaban J connectivity index is 2.47. The van der Waals surface area contributed by atoms with Gasteiger partial charge in [-0.05, 0) is 12.1 Å². The van der Waals surface area contributed by atoms with Crippen molar-refractivity contribution in [2.75, 3.05) is 33.2 Å². The average Bonchev–Trinajstić information content (AvgIpc) is 2.26. The van der Waals surface area contributed by atoms with Crippen LogP contribution in [0.25, 0.3) is 0 Å². The van der Waals surface area contributed by atoms with Crippen LogP contribution < -0.4 is 15.2 Å². The highest BCUT2D eigenvalue weighted by Gasteiger charge is 2.01. The zero-order valence-electron chi connectivity index (χ0n) is 9.16. The Labute approximate surface area is 89.9 Å². The van der Waals surface area contributed by atoms with Crippen LogP contribution in [0.2, 0.25) is 0 Å². The SMILES string of the molecule is COCCCOc1ccc(OC)cc1N. The molecule has 4 nitrogen and oxygen atoms in total. The van der Waals surface area contributed by atoms with Crippen molar-refractivity contribution in [3.05, 3.63) is 18.2 Å². The highest BCUT2D eigenvalue weighted by atomic mass is 16.5. The van der Waals surface area contributed by atoms with Gasteiger partial charge >= 0.3 is 0 Å². The van der Waals surface area contributed by atoms with Crippen molar-refractivity contribution in [1.29, 1.82) is 0 Å². The second-order valence-electron chi connectivity index (χ2n) is 3.10. The Morgan fingerprint density at radius 3 is 2.60 bits per heavy atom. The molecule has 0 spiro atoms. The fraction of sp³-hybridized carbons (Fsp3) is 0.455. The number of benzene rings is 1. The van der Waals surface area contributed by atoms with Gasteiger partial charge in [0.05, 0.1) is 19.4 Å². The van der Waals surface area contributed by atoms with Crippen molar-refractivity contribution in [1.82, 2.24) is 0 Å². The zero-order valence-corrected chi connectivity index (χ0v) is 9.16. The molecular weight excluding hydrogens is 194 g/mol. The van der Waals surface area contributed by atoms with Crippen molar-refractivity contribution >= 4 is 5.69 Å². The van der Waals surface area contributed by atoms with Crippen LogP contribution in [0, 0.1) is 0 Å². The van der Waals surface area contributed by atoms with Gasteiger partial charge in [-0.2, -0.15) is 0 Å². The summed E-state index contributed by atoms with van der Waals surface area (Å²) in [7, 11) is 3.27. The molecule has 0 aromatic heterocycles. The van der Waals surface area contributed by atoms with E-state index in [4.69, 9.17) is 19.9 Å². The van der Waals surface area contributed by atoms with Crippen LogP contribution in [0.5, 0.6) is 11.5 Å². The summed E-state index contributed by atoms with van der Waals surface area (Å²) < 4.78 is 15.4. The Kier molecular flexibility index (Phi) is 4.77. The van der Waals surface area contributed by atoms with E-state index in [1.165, 1.54) is 0 Å². The molecule has 0 atom stereocenters. The number of rotatable bonds is 6. The normalized spacial score (nSPS) is 10.0. The molecular formula is C11H17NO3. The summed E-state index contributed by atoms with van der Waals surface area (Å²) in [5.74, 6) is 1.42. The first-order chi connectivity index (χ1) is 7.27. The molecule has 0 radical (unpaired) electrons. The van der Waals surface area contributed by atoms with E-state index in [1.807, 2.05) is 6.07 Å². The van der Waals surface area contributed by atoms with E-state index in [-0.39, 0.29) is 0 Å². The van der Waals surface area contributed by atoms with Crippen LogP contribution in [-0.2, 0) is 4.74 Å². The maximum atomic E-state index is 5.78. The Bertz CT molecular complexity index is 302. The van der Waals surface area contributed by atoms with Crippen LogP contribution in [0.15, 0.2) is 18.2 Å². The fourth-order valence-electron chi connectivity index (χ4n) is 1.17. The molecule has 0 amide bonds. The van der Waals surface area contributed by atoms with Gasteiger partial charge in [-0.25, -0.2) is 0 Å². The molecule has 4 heteroatoms. The van der Waals surface area contributed by atoms with Crippen LogP contribution in [0.3, 0.4) is 0 Å². The van der Waals surface area contributed by atoms with Crippen LogP contribution in [0.1, 0.15) is 6.42 Å². The Morgan fingerprint density at radius 2 is 2.00 bits per heavy atom. The molecule has 2 N–H and O–H groups in total. The summed E-state index contributed by atoms with van der Waals surface area (Å²) in [5, 5.41) is 0. The van der Waals surface area contributed by atoms with E-state index in [2.05, 4.69) is 0 Å². The van der Waals surface area contributed by atoms with Crippen molar-refractivity contribution < 1.29 is 14.2 Å². The highest BCUT2D eigenvalue weighted by molar-refractivity contribution is 5.56. The molecule has 1 rings (SSSR count). The third-order valence-electron chi connectivity index (χ3n) is 1.97. The lowest BCUT2D eigenvalue weighted by molar-refractivity contribution is 0.172. The lowest BCUT2D eigenvalue weighted by Crippen LogP contribution is -2.03. The van der Waals surface area contributed by atoms with Crippen LogP contribution in [0.4, 0.5) is 5.69 Å². The van der Waals surface area contributed by atoms with Gasteiger partial charge in [0.2, 0.25) is 0 Å². The van der Waals surface area contributed by atoms with Gasteiger partial charge in [0.25, 0.3) is 0 Å². The van der Waals surface area contributed by atoms with Gasteiger partial charge in [-0.15, -0.1) is 0 Å². The number of nitrogen functional groups attached to an aromatic ring is 1. The van der Waals surface area contributed by atoms with Crippen molar-refractivity contribution in [3.63, 3.8) is 0 Å². The minimum Gasteiger partial charge on any atom is -0.497 e. The van der Waals surface area contributed by atoms with E-state index in [1.54, 1.807) is 26.4 Å². The van der Waals surface area contributed by atoms with Crippen molar-refractivity contribution in [3.8, 4) is 11.5 Å². The molecule has 0 unspecified atom stereocenters. The molecule has 0 saturated carbocycles. The first kappa shape index (κ1) is 11.7. The number of hydrogen-bond donors (Lipinski definition) is 1. The lowest BCUT2D eigenvalue weighted by Gasteiger charge is -2.09. The minimum atomic E-state index is 0.590. The van der Waals surface area contributed by atoms with E-state index in [0.29, 0.717) is 24.7 Å². The first-order valence-corrected chi connectivity index (χ1v) is 4.83. The minimum absolute atomic E-state index is 0.590. The van der Waals surface area contributed by atoms with Gasteiger partial charge in [0.1, 0.15) is 11.5 Å². The fourth-order valence-corrected chi connectivity index (χ4v) is 1.17. The topological polar surface area (TPSA) is 53.7 Å². The largest absolute Gasteiger partial charge is 0.497 e. The zero-order chi connectivity index (χ0) is 11.1. The maximum Gasteiger partial charge on any atom is 0.142 e. The Morgan fingerprint density at radius 1 is 1.20 bits per heavy atom. The number of nitrogens with two attached hydrogens (primary N) is 1. The molecule has 1 aromatic carbocycles. The molecule has 0 saturated heterocycles. The van der Waals surface area contributed by atoms with E-state index in [9.17, 15) is 0 Å². The molecule has 84 valence electrons. The highest BCUT2D eigenvalue weighted by Crippen LogP contribution is 2.26. The molecule has 0 heterocycles. The maximum absolute atomic E-state index is 5.78. The summed E-state index contributed by atoms with van der Waals surface area (Å²) in [4.78, 5) is 0. The average molecular weight is 211 g/mol. The molecule has 0 fully saturated rings. The molecule has 0 bridgehead atoms. The second kappa shape index (κ2) is 6.14. The van der Waals surface area contributed by atoms with E-state index in [0.717, 1.165) is 12.2 Å². The van der Waals surface area contributed by atoms with E-state index >= 15 is 0 Å². The van der Waals surface area contributed by atoms with Gasteiger partial charge in [0, 0.05) is 26.2 Å². The smallest absolute Gasteiger partial charge is 0.142 e. The van der Waals surface area contributed by atoms with Gasteiger partial charge in [-0.1, -0.05) is 0 Å². The monoisotopic (exact) mass is 211 g/mol. The molecule has 15 heavy (non-hydrogen) atoms. The van der Waals surface area contributed by atoms with Crippen LogP contribution >= 0.6 is 0 Å². The summed E-state index contributed by atoms with van der Waals surface area (Å²) in [6, 6.07) is 5.37. The summed E-state index contributed by atoms with van der Waals surface area (Å²) >= 11 is 0. The molecule has 1 aromatic rings. The predicted octanol–water partition coefficient (Wildman–Crippen LogP) is 1.69. The predicted molar refractivity (Wildman–Crippen MR) is 59.4 cm³/mol. The van der Waals surface area contributed by atoms with Gasteiger partial charge in [-0.3, -0.25) is 0 Å². The number of ether oxygens (including phenoxy) is 3. The second-order valence-corrected chi connectivity index (χ2v) is 3.10. The summed E-state index contributed by atoms with van der Waals surface area (Å²) in [5.41, 5.74) is 6.37. The summed E-state index contributed by atoms with van der Waals surface area (Å²) in [6.45, 7) is 1.29. The number of methoxy groups -OCH3 is 2. The molecule has 0 aliphatic carbocycles. The van der Waals surface area contributed by atoms with Gasteiger partial charge in [0.15, 0.2) is 0 Å². The molecule has 0 aliphatic heterocycles. The third kappa shape index (κ3) is 3.67. The standard InChI is InChI=1S/C11H17NO3/c1-13-6-3-7-15-11-5-4-9(14-2)8-10(11)12/h4-5,8H,3,6-7,12H2,1-2H3. The first-order valence-electron chi connectivity index (χ1n) is 4.83.